The van der Waals surface area contributed by atoms with E-state index in [1.165, 1.54) is 28.7 Å². The first kappa shape index (κ1) is 20.4. The van der Waals surface area contributed by atoms with Crippen LogP contribution >= 0.6 is 23.1 Å². The Balaban J connectivity index is 1.61. The Labute approximate surface area is 174 Å². The Morgan fingerprint density at radius 1 is 1.07 bits per heavy atom. The SMILES string of the molecule is Cc1cccc(Nc2nnc(SC(C)C(=O)Nc3ccccc3C(C)C)s2)c1. The molecule has 1 heterocycles. The van der Waals surface area contributed by atoms with E-state index in [2.05, 4.69) is 40.7 Å². The molecule has 0 spiro atoms. The van der Waals surface area contributed by atoms with Crippen LogP contribution in [0.3, 0.4) is 0 Å². The van der Waals surface area contributed by atoms with Crippen LogP contribution in [0.4, 0.5) is 16.5 Å². The number of aryl methyl sites for hydroxylation is 1. The standard InChI is InChI=1S/C21H24N4OS2/c1-13(2)17-10-5-6-11-18(17)23-19(26)15(4)27-21-25-24-20(28-21)22-16-9-7-8-14(3)12-16/h5-13,15H,1-4H3,(H,22,24)(H,23,26). The highest BCUT2D eigenvalue weighted by Gasteiger charge is 2.19. The minimum atomic E-state index is -0.278. The summed E-state index contributed by atoms with van der Waals surface area (Å²) in [7, 11) is 0. The van der Waals surface area contributed by atoms with Gasteiger partial charge in [-0.2, -0.15) is 0 Å². The van der Waals surface area contributed by atoms with Crippen LogP contribution in [0.1, 0.15) is 37.8 Å². The fourth-order valence-electron chi connectivity index (χ4n) is 2.71. The highest BCUT2D eigenvalue weighted by atomic mass is 32.2. The maximum Gasteiger partial charge on any atom is 0.237 e. The Morgan fingerprint density at radius 2 is 1.86 bits per heavy atom. The van der Waals surface area contributed by atoms with Gasteiger partial charge in [-0.05, 0) is 49.1 Å². The first-order valence-electron chi connectivity index (χ1n) is 9.16. The van der Waals surface area contributed by atoms with Crippen molar-refractivity contribution >= 4 is 45.5 Å². The molecule has 0 fully saturated rings. The van der Waals surface area contributed by atoms with E-state index < -0.39 is 0 Å². The third-order valence-corrected chi connectivity index (χ3v) is 6.19. The fourth-order valence-corrected chi connectivity index (χ4v) is 4.62. The highest BCUT2D eigenvalue weighted by Crippen LogP contribution is 2.31. The Bertz CT molecular complexity index is 955. The van der Waals surface area contributed by atoms with Crippen molar-refractivity contribution in [3.63, 3.8) is 0 Å². The molecule has 2 N–H and O–H groups in total. The quantitative estimate of drug-likeness (QED) is 0.478. The van der Waals surface area contributed by atoms with Gasteiger partial charge in [0.25, 0.3) is 0 Å². The second kappa shape index (κ2) is 9.21. The van der Waals surface area contributed by atoms with Gasteiger partial charge in [0.1, 0.15) is 0 Å². The number of benzene rings is 2. The number of anilines is 3. The van der Waals surface area contributed by atoms with Crippen molar-refractivity contribution in [2.45, 2.75) is 43.2 Å². The van der Waals surface area contributed by atoms with Gasteiger partial charge >= 0.3 is 0 Å². The molecule has 0 radical (unpaired) electrons. The van der Waals surface area contributed by atoms with E-state index in [-0.39, 0.29) is 11.2 Å². The van der Waals surface area contributed by atoms with E-state index >= 15 is 0 Å². The van der Waals surface area contributed by atoms with Gasteiger partial charge in [0.05, 0.1) is 5.25 Å². The second-order valence-electron chi connectivity index (χ2n) is 6.86. The van der Waals surface area contributed by atoms with Crippen molar-refractivity contribution < 1.29 is 4.79 Å². The van der Waals surface area contributed by atoms with Crippen LogP contribution in [0.25, 0.3) is 0 Å². The van der Waals surface area contributed by atoms with Gasteiger partial charge in [0.2, 0.25) is 11.0 Å². The molecule has 0 aliphatic rings. The number of amides is 1. The molecule has 3 rings (SSSR count). The number of rotatable bonds is 7. The van der Waals surface area contributed by atoms with E-state index in [9.17, 15) is 4.79 Å². The zero-order valence-corrected chi connectivity index (χ0v) is 18.0. The third kappa shape index (κ3) is 5.33. The van der Waals surface area contributed by atoms with Crippen molar-refractivity contribution in [1.29, 1.82) is 0 Å². The Hall–Kier alpha value is -2.38. The molecule has 0 bridgehead atoms. The number of nitrogens with zero attached hydrogens (tertiary/aromatic N) is 2. The zero-order valence-electron chi connectivity index (χ0n) is 16.4. The Morgan fingerprint density at radius 3 is 2.61 bits per heavy atom. The number of hydrogen-bond acceptors (Lipinski definition) is 6. The van der Waals surface area contributed by atoms with Gasteiger partial charge in [-0.3, -0.25) is 4.79 Å². The molecule has 0 aliphatic carbocycles. The van der Waals surface area contributed by atoms with Crippen molar-refractivity contribution in [3.8, 4) is 0 Å². The average Bonchev–Trinajstić information content (AvgIpc) is 3.08. The lowest BCUT2D eigenvalue weighted by atomic mass is 10.0. The van der Waals surface area contributed by atoms with Gasteiger partial charge in [-0.15, -0.1) is 10.2 Å². The second-order valence-corrected chi connectivity index (χ2v) is 9.42. The van der Waals surface area contributed by atoms with Crippen LogP contribution in [-0.4, -0.2) is 21.4 Å². The molecule has 0 saturated carbocycles. The summed E-state index contributed by atoms with van der Waals surface area (Å²) in [5, 5.41) is 15.1. The predicted molar refractivity (Wildman–Crippen MR) is 119 cm³/mol. The first-order chi connectivity index (χ1) is 13.4. The van der Waals surface area contributed by atoms with Gasteiger partial charge < -0.3 is 10.6 Å². The molecule has 0 saturated heterocycles. The molecule has 1 atom stereocenters. The summed E-state index contributed by atoms with van der Waals surface area (Å²) in [6.07, 6.45) is 0. The molecule has 3 aromatic rings. The zero-order chi connectivity index (χ0) is 20.1. The van der Waals surface area contributed by atoms with E-state index in [0.29, 0.717) is 11.0 Å². The molecule has 7 heteroatoms. The number of thioether (sulfide) groups is 1. The lowest BCUT2D eigenvalue weighted by Crippen LogP contribution is -2.23. The van der Waals surface area contributed by atoms with Crippen LogP contribution in [0.2, 0.25) is 0 Å². The van der Waals surface area contributed by atoms with Crippen LogP contribution in [-0.2, 0) is 4.79 Å². The molecule has 146 valence electrons. The summed E-state index contributed by atoms with van der Waals surface area (Å²) < 4.78 is 0.759. The third-order valence-electron chi connectivity index (χ3n) is 4.16. The number of nitrogens with one attached hydrogen (secondary N) is 2. The summed E-state index contributed by atoms with van der Waals surface area (Å²) in [6.45, 7) is 8.16. The normalized spacial score (nSPS) is 12.0. The van der Waals surface area contributed by atoms with Crippen molar-refractivity contribution in [1.82, 2.24) is 10.2 Å². The number of hydrogen-bond donors (Lipinski definition) is 2. The monoisotopic (exact) mass is 412 g/mol. The summed E-state index contributed by atoms with van der Waals surface area (Å²) in [6, 6.07) is 16.0. The molecule has 5 nitrogen and oxygen atoms in total. The summed E-state index contributed by atoms with van der Waals surface area (Å²) in [4.78, 5) is 12.6. The average molecular weight is 413 g/mol. The minimum absolute atomic E-state index is 0.0403. The van der Waals surface area contributed by atoms with E-state index in [1.807, 2.05) is 56.3 Å². The van der Waals surface area contributed by atoms with Gasteiger partial charge in [0, 0.05) is 11.4 Å². The molecule has 0 aliphatic heterocycles. The first-order valence-corrected chi connectivity index (χ1v) is 10.9. The van der Waals surface area contributed by atoms with Gasteiger partial charge in [-0.1, -0.05) is 67.3 Å². The molecule has 2 aromatic carbocycles. The number of carbonyl (C=O) groups is 1. The minimum Gasteiger partial charge on any atom is -0.330 e. The molecule has 1 amide bonds. The number of aromatic nitrogens is 2. The maximum absolute atomic E-state index is 12.6. The summed E-state index contributed by atoms with van der Waals surface area (Å²) in [5.74, 6) is 0.305. The van der Waals surface area contributed by atoms with E-state index in [1.54, 1.807) is 0 Å². The summed E-state index contributed by atoms with van der Waals surface area (Å²) in [5.41, 5.74) is 4.16. The van der Waals surface area contributed by atoms with Crippen LogP contribution in [0.5, 0.6) is 0 Å². The van der Waals surface area contributed by atoms with Crippen LogP contribution < -0.4 is 10.6 Å². The molecular weight excluding hydrogens is 388 g/mol. The largest absolute Gasteiger partial charge is 0.330 e. The van der Waals surface area contributed by atoms with E-state index in [0.717, 1.165) is 21.3 Å². The summed E-state index contributed by atoms with van der Waals surface area (Å²) >= 11 is 2.86. The van der Waals surface area contributed by atoms with Crippen molar-refractivity contribution in [3.05, 3.63) is 59.7 Å². The number of para-hydroxylation sites is 1. The highest BCUT2D eigenvalue weighted by molar-refractivity contribution is 8.02. The van der Waals surface area contributed by atoms with Crippen LogP contribution in [0.15, 0.2) is 52.9 Å². The maximum atomic E-state index is 12.6. The lowest BCUT2D eigenvalue weighted by Gasteiger charge is -2.15. The smallest absolute Gasteiger partial charge is 0.237 e. The van der Waals surface area contributed by atoms with E-state index in [4.69, 9.17) is 0 Å². The van der Waals surface area contributed by atoms with Crippen LogP contribution in [0, 0.1) is 6.92 Å². The molecule has 28 heavy (non-hydrogen) atoms. The number of carbonyl (C=O) groups excluding carboxylic acids is 1. The van der Waals surface area contributed by atoms with Crippen molar-refractivity contribution in [2.24, 2.45) is 0 Å². The van der Waals surface area contributed by atoms with Crippen molar-refractivity contribution in [2.75, 3.05) is 10.6 Å². The molecule has 1 unspecified atom stereocenters. The Kier molecular flexibility index (Phi) is 6.70. The fraction of sp³-hybridized carbons (Fsp3) is 0.286. The molecule has 1 aromatic heterocycles. The van der Waals surface area contributed by atoms with Gasteiger partial charge in [0.15, 0.2) is 4.34 Å². The lowest BCUT2D eigenvalue weighted by molar-refractivity contribution is -0.115. The predicted octanol–water partition coefficient (Wildman–Crippen LogP) is 5.83. The topological polar surface area (TPSA) is 66.9 Å². The molecular formula is C21H24N4OS2. The van der Waals surface area contributed by atoms with Gasteiger partial charge in [-0.25, -0.2) is 0 Å².